The van der Waals surface area contributed by atoms with Crippen molar-refractivity contribution < 1.29 is 19.0 Å². The Bertz CT molecular complexity index is 733. The third kappa shape index (κ3) is 3.82. The van der Waals surface area contributed by atoms with E-state index in [9.17, 15) is 4.79 Å². The Labute approximate surface area is 150 Å². The van der Waals surface area contributed by atoms with Gasteiger partial charge in [0, 0.05) is 30.2 Å². The van der Waals surface area contributed by atoms with Crippen molar-refractivity contribution >= 4 is 21.8 Å². The number of nitrogens with zero attached hydrogens (tertiary/aromatic N) is 1. The first-order valence-corrected chi connectivity index (χ1v) is 8.10. The summed E-state index contributed by atoms with van der Waals surface area (Å²) in [5.41, 5.74) is 1.44. The number of hydrogen-bond acceptors (Lipinski definition) is 4. The van der Waals surface area contributed by atoms with Crippen LogP contribution in [-0.4, -0.2) is 39.2 Å². The van der Waals surface area contributed by atoms with Gasteiger partial charge in [0.15, 0.2) is 11.5 Å². The molecule has 2 aromatic rings. The van der Waals surface area contributed by atoms with Crippen LogP contribution in [0.25, 0.3) is 0 Å². The summed E-state index contributed by atoms with van der Waals surface area (Å²) < 4.78 is 16.8. The zero-order valence-corrected chi connectivity index (χ0v) is 15.7. The summed E-state index contributed by atoms with van der Waals surface area (Å²) in [6.07, 6.45) is 0. The van der Waals surface area contributed by atoms with Gasteiger partial charge in [0.05, 0.1) is 26.9 Å². The molecular formula is C18H20BrNO4. The average molecular weight is 394 g/mol. The fourth-order valence-electron chi connectivity index (χ4n) is 2.36. The Morgan fingerprint density at radius 3 is 2.17 bits per heavy atom. The van der Waals surface area contributed by atoms with Crippen LogP contribution in [0.5, 0.6) is 17.2 Å². The quantitative estimate of drug-likeness (QED) is 0.749. The number of hydrogen-bond donors (Lipinski definition) is 0. The molecule has 0 saturated heterocycles. The van der Waals surface area contributed by atoms with Gasteiger partial charge in [-0.05, 0) is 11.6 Å². The summed E-state index contributed by atoms with van der Waals surface area (Å²) in [7, 11) is 6.34. The molecule has 24 heavy (non-hydrogen) atoms. The number of halogens is 1. The Hall–Kier alpha value is -2.21. The Kier molecular flexibility index (Phi) is 6.09. The topological polar surface area (TPSA) is 48.0 Å². The summed E-state index contributed by atoms with van der Waals surface area (Å²) in [6.45, 7) is 0.470. The van der Waals surface area contributed by atoms with Gasteiger partial charge in [-0.1, -0.05) is 34.1 Å². The highest BCUT2D eigenvalue weighted by molar-refractivity contribution is 9.10. The van der Waals surface area contributed by atoms with E-state index >= 15 is 0 Å². The van der Waals surface area contributed by atoms with Crippen LogP contribution in [0.3, 0.4) is 0 Å². The third-order valence-corrected chi connectivity index (χ3v) is 4.42. The smallest absolute Gasteiger partial charge is 0.257 e. The molecule has 2 rings (SSSR count). The summed E-state index contributed by atoms with van der Waals surface area (Å²) in [5, 5.41) is 0. The maximum atomic E-state index is 12.8. The predicted molar refractivity (Wildman–Crippen MR) is 96.0 cm³/mol. The van der Waals surface area contributed by atoms with Gasteiger partial charge in [0.2, 0.25) is 0 Å². The number of methoxy groups -OCH3 is 3. The lowest BCUT2D eigenvalue weighted by Gasteiger charge is -2.20. The van der Waals surface area contributed by atoms with Gasteiger partial charge in [-0.2, -0.15) is 0 Å². The minimum absolute atomic E-state index is 0.163. The van der Waals surface area contributed by atoms with Gasteiger partial charge in [0.1, 0.15) is 5.75 Å². The van der Waals surface area contributed by atoms with Crippen molar-refractivity contribution in [1.29, 1.82) is 0 Å². The molecule has 0 aliphatic carbocycles. The molecule has 0 spiro atoms. The standard InChI is InChI=1S/C18H20BrNO4/c1-20(11-12-7-5-6-8-14(12)19)18(21)13-9-16(23-3)17(24-4)10-15(13)22-2/h5-10H,11H2,1-4H3. The first-order chi connectivity index (χ1) is 11.5. The summed E-state index contributed by atoms with van der Waals surface area (Å²) >= 11 is 3.50. The van der Waals surface area contributed by atoms with Gasteiger partial charge in [0.25, 0.3) is 5.91 Å². The number of benzene rings is 2. The molecule has 128 valence electrons. The van der Waals surface area contributed by atoms with Crippen molar-refractivity contribution in [2.45, 2.75) is 6.54 Å². The fourth-order valence-corrected chi connectivity index (χ4v) is 2.77. The van der Waals surface area contributed by atoms with Crippen molar-refractivity contribution in [2.24, 2.45) is 0 Å². The van der Waals surface area contributed by atoms with E-state index in [-0.39, 0.29) is 5.91 Å². The van der Waals surface area contributed by atoms with Gasteiger partial charge >= 0.3 is 0 Å². The van der Waals surface area contributed by atoms with Crippen LogP contribution in [0.15, 0.2) is 40.9 Å². The molecule has 0 radical (unpaired) electrons. The Morgan fingerprint density at radius 1 is 1.00 bits per heavy atom. The van der Waals surface area contributed by atoms with E-state index in [2.05, 4.69) is 15.9 Å². The molecule has 0 heterocycles. The normalized spacial score (nSPS) is 10.2. The van der Waals surface area contributed by atoms with Crippen molar-refractivity contribution in [3.8, 4) is 17.2 Å². The van der Waals surface area contributed by atoms with E-state index in [0.29, 0.717) is 29.4 Å². The largest absolute Gasteiger partial charge is 0.496 e. The highest BCUT2D eigenvalue weighted by Gasteiger charge is 2.21. The molecule has 0 atom stereocenters. The van der Waals surface area contributed by atoms with Gasteiger partial charge in [-0.25, -0.2) is 0 Å². The molecule has 0 N–H and O–H groups in total. The third-order valence-electron chi connectivity index (χ3n) is 3.65. The number of ether oxygens (including phenoxy) is 3. The zero-order chi connectivity index (χ0) is 17.7. The number of carbonyl (C=O) groups is 1. The minimum atomic E-state index is -0.163. The molecule has 6 heteroatoms. The lowest BCUT2D eigenvalue weighted by molar-refractivity contribution is 0.0781. The van der Waals surface area contributed by atoms with Crippen molar-refractivity contribution in [1.82, 2.24) is 4.90 Å². The Balaban J connectivity index is 2.32. The van der Waals surface area contributed by atoms with E-state index in [1.54, 1.807) is 24.1 Å². The van der Waals surface area contributed by atoms with Gasteiger partial charge < -0.3 is 19.1 Å². The second-order valence-corrected chi connectivity index (χ2v) is 6.01. The molecule has 0 saturated carbocycles. The summed E-state index contributed by atoms with van der Waals surface area (Å²) in [4.78, 5) is 14.5. The molecule has 0 unspecified atom stereocenters. The molecule has 0 bridgehead atoms. The van der Waals surface area contributed by atoms with Crippen LogP contribution in [0.4, 0.5) is 0 Å². The van der Waals surface area contributed by atoms with E-state index in [1.807, 2.05) is 24.3 Å². The van der Waals surface area contributed by atoms with E-state index in [4.69, 9.17) is 14.2 Å². The maximum Gasteiger partial charge on any atom is 0.257 e. The molecule has 0 fully saturated rings. The highest BCUT2D eigenvalue weighted by Crippen LogP contribution is 2.35. The second-order valence-electron chi connectivity index (χ2n) is 5.16. The predicted octanol–water partition coefficient (Wildman–Crippen LogP) is 3.75. The Morgan fingerprint density at radius 2 is 1.58 bits per heavy atom. The molecule has 1 amide bonds. The molecule has 0 aromatic heterocycles. The van der Waals surface area contributed by atoms with E-state index in [1.165, 1.54) is 21.3 Å². The van der Waals surface area contributed by atoms with Gasteiger partial charge in [-0.15, -0.1) is 0 Å². The van der Waals surface area contributed by atoms with E-state index < -0.39 is 0 Å². The SMILES string of the molecule is COc1cc(OC)c(C(=O)N(C)Cc2ccccc2Br)cc1OC. The average Bonchev–Trinajstić information content (AvgIpc) is 2.61. The first kappa shape index (κ1) is 18.1. The van der Waals surface area contributed by atoms with Crippen molar-refractivity contribution in [2.75, 3.05) is 28.4 Å². The molecule has 5 nitrogen and oxygen atoms in total. The van der Waals surface area contributed by atoms with Crippen LogP contribution >= 0.6 is 15.9 Å². The van der Waals surface area contributed by atoms with Crippen LogP contribution in [0, 0.1) is 0 Å². The van der Waals surface area contributed by atoms with Crippen LogP contribution < -0.4 is 14.2 Å². The highest BCUT2D eigenvalue weighted by atomic mass is 79.9. The van der Waals surface area contributed by atoms with Crippen molar-refractivity contribution in [3.05, 3.63) is 52.0 Å². The number of amides is 1. The lowest BCUT2D eigenvalue weighted by atomic mass is 10.1. The molecule has 2 aromatic carbocycles. The fraction of sp³-hybridized carbons (Fsp3) is 0.278. The molecule has 0 aliphatic heterocycles. The van der Waals surface area contributed by atoms with Crippen molar-refractivity contribution in [3.63, 3.8) is 0 Å². The van der Waals surface area contributed by atoms with Crippen LogP contribution in [0.2, 0.25) is 0 Å². The molecular weight excluding hydrogens is 374 g/mol. The number of rotatable bonds is 6. The first-order valence-electron chi connectivity index (χ1n) is 7.30. The zero-order valence-electron chi connectivity index (χ0n) is 14.1. The van der Waals surface area contributed by atoms with Crippen LogP contribution in [-0.2, 0) is 6.54 Å². The van der Waals surface area contributed by atoms with Crippen LogP contribution in [0.1, 0.15) is 15.9 Å². The minimum Gasteiger partial charge on any atom is -0.496 e. The second kappa shape index (κ2) is 8.06. The monoisotopic (exact) mass is 393 g/mol. The molecule has 0 aliphatic rings. The van der Waals surface area contributed by atoms with E-state index in [0.717, 1.165) is 10.0 Å². The lowest BCUT2D eigenvalue weighted by Crippen LogP contribution is -2.26. The summed E-state index contributed by atoms with van der Waals surface area (Å²) in [6, 6.07) is 11.1. The maximum absolute atomic E-state index is 12.8. The van der Waals surface area contributed by atoms with Gasteiger partial charge in [-0.3, -0.25) is 4.79 Å². The summed E-state index contributed by atoms with van der Waals surface area (Å²) in [5.74, 6) is 1.27. The number of carbonyl (C=O) groups excluding carboxylic acids is 1.